The predicted molar refractivity (Wildman–Crippen MR) is 64.8 cm³/mol. The smallest absolute Gasteiger partial charge is 0.199 e. The fraction of sp³-hybridized carbons (Fsp3) is 0.333. The Bertz CT molecular complexity index is 549. The molecule has 0 unspecified atom stereocenters. The minimum absolute atomic E-state index is 0.459. The summed E-state index contributed by atoms with van der Waals surface area (Å²) in [6, 6.07) is 1.83. The van der Waals surface area contributed by atoms with Gasteiger partial charge in [0.1, 0.15) is 5.15 Å². The topological polar surface area (TPSA) is 51.6 Å². The van der Waals surface area contributed by atoms with Crippen LogP contribution in [0.3, 0.4) is 0 Å². The van der Waals surface area contributed by atoms with E-state index in [1.54, 1.807) is 12.4 Å². The molecule has 3 rings (SSSR count). The third-order valence-corrected chi connectivity index (χ3v) is 2.88. The molecule has 0 bridgehead atoms. The molecule has 0 saturated heterocycles. The monoisotopic (exact) mass is 246 g/mol. The molecule has 2 heterocycles. The fourth-order valence-electron chi connectivity index (χ4n) is 1.63. The SMILES string of the molecule is Cc1cnc(-c2nc(Cl)cc(C3CC3)n2)nc1. The van der Waals surface area contributed by atoms with Crippen LogP contribution in [0.15, 0.2) is 18.5 Å². The van der Waals surface area contributed by atoms with Crippen molar-refractivity contribution in [3.63, 3.8) is 0 Å². The van der Waals surface area contributed by atoms with Gasteiger partial charge in [0.25, 0.3) is 0 Å². The number of aryl methyl sites for hydroxylation is 1. The molecule has 1 fully saturated rings. The van der Waals surface area contributed by atoms with Gasteiger partial charge in [0.2, 0.25) is 0 Å². The van der Waals surface area contributed by atoms with E-state index < -0.39 is 0 Å². The fourth-order valence-corrected chi connectivity index (χ4v) is 1.82. The summed E-state index contributed by atoms with van der Waals surface area (Å²) in [4.78, 5) is 17.1. The van der Waals surface area contributed by atoms with Crippen molar-refractivity contribution in [2.45, 2.75) is 25.7 Å². The molecule has 4 nitrogen and oxygen atoms in total. The Hall–Kier alpha value is -1.55. The highest BCUT2D eigenvalue weighted by Crippen LogP contribution is 2.39. The van der Waals surface area contributed by atoms with Crippen molar-refractivity contribution in [1.29, 1.82) is 0 Å². The first-order chi connectivity index (χ1) is 8.22. The van der Waals surface area contributed by atoms with Crippen LogP contribution in [0.4, 0.5) is 0 Å². The van der Waals surface area contributed by atoms with Gasteiger partial charge < -0.3 is 0 Å². The molecule has 0 amide bonds. The van der Waals surface area contributed by atoms with Gasteiger partial charge in [-0.2, -0.15) is 0 Å². The van der Waals surface area contributed by atoms with Gasteiger partial charge in [-0.3, -0.25) is 0 Å². The Morgan fingerprint density at radius 2 is 1.82 bits per heavy atom. The third-order valence-electron chi connectivity index (χ3n) is 2.69. The van der Waals surface area contributed by atoms with Crippen molar-refractivity contribution >= 4 is 11.6 Å². The van der Waals surface area contributed by atoms with Crippen molar-refractivity contribution in [1.82, 2.24) is 19.9 Å². The van der Waals surface area contributed by atoms with Gasteiger partial charge in [-0.25, -0.2) is 19.9 Å². The van der Waals surface area contributed by atoms with E-state index in [1.165, 1.54) is 12.8 Å². The molecular weight excluding hydrogens is 236 g/mol. The second-order valence-electron chi connectivity index (χ2n) is 4.30. The van der Waals surface area contributed by atoms with Crippen molar-refractivity contribution in [3.8, 4) is 11.6 Å². The van der Waals surface area contributed by atoms with Crippen molar-refractivity contribution in [2.24, 2.45) is 0 Å². The van der Waals surface area contributed by atoms with Gasteiger partial charge in [0.15, 0.2) is 11.6 Å². The van der Waals surface area contributed by atoms with Crippen LogP contribution in [-0.4, -0.2) is 19.9 Å². The molecule has 0 radical (unpaired) electrons. The second kappa shape index (κ2) is 4.04. The van der Waals surface area contributed by atoms with Gasteiger partial charge in [0.05, 0.1) is 0 Å². The zero-order chi connectivity index (χ0) is 11.8. The van der Waals surface area contributed by atoms with E-state index in [2.05, 4.69) is 19.9 Å². The first-order valence-electron chi connectivity index (χ1n) is 5.56. The molecule has 86 valence electrons. The lowest BCUT2D eigenvalue weighted by atomic mass is 10.3. The van der Waals surface area contributed by atoms with Crippen LogP contribution in [-0.2, 0) is 0 Å². The summed E-state index contributed by atoms with van der Waals surface area (Å²) < 4.78 is 0. The summed E-state index contributed by atoms with van der Waals surface area (Å²) >= 11 is 6.00. The highest BCUT2D eigenvalue weighted by molar-refractivity contribution is 6.29. The Kier molecular flexibility index (Phi) is 2.52. The predicted octanol–water partition coefficient (Wildman–Crippen LogP) is 2.77. The van der Waals surface area contributed by atoms with Gasteiger partial charge in [-0.15, -0.1) is 0 Å². The average molecular weight is 247 g/mol. The van der Waals surface area contributed by atoms with E-state index in [-0.39, 0.29) is 0 Å². The van der Waals surface area contributed by atoms with Crippen molar-refractivity contribution in [2.75, 3.05) is 0 Å². The number of rotatable bonds is 2. The first-order valence-corrected chi connectivity index (χ1v) is 5.93. The van der Waals surface area contributed by atoms with Crippen LogP contribution < -0.4 is 0 Å². The van der Waals surface area contributed by atoms with Crippen molar-refractivity contribution < 1.29 is 0 Å². The maximum atomic E-state index is 6.00. The van der Waals surface area contributed by atoms with E-state index in [9.17, 15) is 0 Å². The van der Waals surface area contributed by atoms with Crippen LogP contribution in [0.25, 0.3) is 11.6 Å². The summed E-state index contributed by atoms with van der Waals surface area (Å²) in [6.45, 7) is 1.94. The number of hydrogen-bond donors (Lipinski definition) is 0. The quantitative estimate of drug-likeness (QED) is 0.765. The van der Waals surface area contributed by atoms with Gasteiger partial charge in [-0.05, 0) is 31.4 Å². The Morgan fingerprint density at radius 3 is 2.47 bits per heavy atom. The molecule has 5 heteroatoms. The summed E-state index contributed by atoms with van der Waals surface area (Å²) in [5.41, 5.74) is 2.02. The third kappa shape index (κ3) is 2.26. The number of hydrogen-bond acceptors (Lipinski definition) is 4. The lowest BCUT2D eigenvalue weighted by Gasteiger charge is -2.03. The lowest BCUT2D eigenvalue weighted by molar-refractivity contribution is 0.972. The van der Waals surface area contributed by atoms with Gasteiger partial charge in [-0.1, -0.05) is 11.6 Å². The minimum atomic E-state index is 0.459. The summed E-state index contributed by atoms with van der Waals surface area (Å²) in [5.74, 6) is 1.58. The molecular formula is C12H11ClN4. The molecule has 0 aliphatic heterocycles. The van der Waals surface area contributed by atoms with E-state index >= 15 is 0 Å². The number of nitrogens with zero attached hydrogens (tertiary/aromatic N) is 4. The molecule has 2 aromatic heterocycles. The number of aromatic nitrogens is 4. The van der Waals surface area contributed by atoms with E-state index in [0.717, 1.165) is 11.3 Å². The van der Waals surface area contributed by atoms with Gasteiger partial charge >= 0.3 is 0 Å². The molecule has 0 N–H and O–H groups in total. The summed E-state index contributed by atoms with van der Waals surface area (Å²) in [5, 5.41) is 0.459. The highest BCUT2D eigenvalue weighted by atomic mass is 35.5. The van der Waals surface area contributed by atoms with Gasteiger partial charge in [0, 0.05) is 24.0 Å². The normalized spacial score (nSPS) is 14.9. The zero-order valence-corrected chi connectivity index (χ0v) is 10.1. The minimum Gasteiger partial charge on any atom is -0.234 e. The van der Waals surface area contributed by atoms with Crippen LogP contribution in [0, 0.1) is 6.92 Å². The Morgan fingerprint density at radius 1 is 1.12 bits per heavy atom. The summed E-state index contributed by atoms with van der Waals surface area (Å²) in [6.07, 6.45) is 5.87. The maximum Gasteiger partial charge on any atom is 0.199 e. The number of halogens is 1. The molecule has 0 spiro atoms. The van der Waals surface area contributed by atoms with E-state index in [0.29, 0.717) is 22.7 Å². The molecule has 17 heavy (non-hydrogen) atoms. The standard InChI is InChI=1S/C12H11ClN4/c1-7-5-14-11(15-6-7)12-16-9(8-2-3-8)4-10(13)17-12/h4-6,8H,2-3H2,1H3. The molecule has 1 aliphatic carbocycles. The first kappa shape index (κ1) is 10.6. The Labute approximate surface area is 104 Å². The van der Waals surface area contributed by atoms with Crippen LogP contribution in [0.2, 0.25) is 5.15 Å². The second-order valence-corrected chi connectivity index (χ2v) is 4.68. The lowest BCUT2D eigenvalue weighted by Crippen LogP contribution is -1.98. The molecule has 2 aromatic rings. The van der Waals surface area contributed by atoms with Crippen LogP contribution >= 0.6 is 11.6 Å². The van der Waals surface area contributed by atoms with Crippen LogP contribution in [0.1, 0.15) is 30.0 Å². The maximum absolute atomic E-state index is 6.00. The molecule has 0 aromatic carbocycles. The molecule has 1 aliphatic rings. The van der Waals surface area contributed by atoms with E-state index in [4.69, 9.17) is 11.6 Å². The summed E-state index contributed by atoms with van der Waals surface area (Å²) in [7, 11) is 0. The Balaban J connectivity index is 2.04. The van der Waals surface area contributed by atoms with E-state index in [1.807, 2.05) is 13.0 Å². The average Bonchev–Trinajstić information content (AvgIpc) is 3.13. The zero-order valence-electron chi connectivity index (χ0n) is 9.39. The molecule has 1 saturated carbocycles. The van der Waals surface area contributed by atoms with Crippen molar-refractivity contribution in [3.05, 3.63) is 34.9 Å². The van der Waals surface area contributed by atoms with Crippen LogP contribution in [0.5, 0.6) is 0 Å². The highest BCUT2D eigenvalue weighted by Gasteiger charge is 2.26. The molecule has 0 atom stereocenters. The largest absolute Gasteiger partial charge is 0.234 e.